The van der Waals surface area contributed by atoms with Gasteiger partial charge in [-0.15, -0.1) is 0 Å². The second kappa shape index (κ2) is 4.11. The van der Waals surface area contributed by atoms with E-state index in [2.05, 4.69) is 10.3 Å². The Morgan fingerprint density at radius 3 is 3.06 bits per heavy atom. The average molecular weight is 264 g/mol. The molecule has 0 spiro atoms. The molecule has 0 bridgehead atoms. The molecule has 2 aromatic rings. The first-order valence-corrected chi connectivity index (χ1v) is 6.57. The summed E-state index contributed by atoms with van der Waals surface area (Å²) < 4.78 is 17.0. The normalized spacial score (nSPS) is 24.3. The van der Waals surface area contributed by atoms with Crippen LogP contribution < -0.4 is 5.32 Å². The molecule has 0 radical (unpaired) electrons. The van der Waals surface area contributed by atoms with Crippen LogP contribution in [0.1, 0.15) is 10.8 Å². The van der Waals surface area contributed by atoms with E-state index in [9.17, 15) is 14.1 Å². The molecule has 2 unspecified atom stereocenters. The van der Waals surface area contributed by atoms with E-state index in [-0.39, 0.29) is 5.75 Å². The topological polar surface area (TPSA) is 95.3 Å². The number of fused-ring (bicyclic) bond motifs is 1. The highest BCUT2D eigenvalue weighted by Gasteiger charge is 2.39. The van der Waals surface area contributed by atoms with Gasteiger partial charge < -0.3 is 8.97 Å². The van der Waals surface area contributed by atoms with Gasteiger partial charge in [0.2, 0.25) is 5.25 Å². The van der Waals surface area contributed by atoms with Crippen LogP contribution in [0.3, 0.4) is 0 Å². The summed E-state index contributed by atoms with van der Waals surface area (Å²) in [4.78, 5) is 26.8. The Morgan fingerprint density at radius 2 is 2.28 bits per heavy atom. The average Bonchev–Trinajstić information content (AvgIpc) is 2.74. The van der Waals surface area contributed by atoms with Crippen LogP contribution in [0, 0.1) is 0 Å². The molecule has 2 heterocycles. The number of rotatable bonds is 1. The number of aromatic nitrogens is 1. The van der Waals surface area contributed by atoms with Gasteiger partial charge in [0.25, 0.3) is 11.8 Å². The molecule has 2 atom stereocenters. The minimum atomic E-state index is -1.54. The van der Waals surface area contributed by atoms with E-state index in [0.717, 1.165) is 0 Å². The zero-order valence-electron chi connectivity index (χ0n) is 9.08. The minimum Gasteiger partial charge on any atom is -0.615 e. The van der Waals surface area contributed by atoms with Gasteiger partial charge in [-0.2, -0.15) is 0 Å². The lowest BCUT2D eigenvalue weighted by atomic mass is 10.1. The largest absolute Gasteiger partial charge is 0.615 e. The highest BCUT2D eigenvalue weighted by molar-refractivity contribution is 7.93. The molecule has 1 aliphatic heterocycles. The van der Waals surface area contributed by atoms with Crippen LogP contribution in [-0.2, 0) is 20.8 Å². The second-order valence-corrected chi connectivity index (χ2v) is 5.42. The minimum absolute atomic E-state index is 0.159. The first-order valence-electron chi connectivity index (χ1n) is 5.19. The number of imide groups is 1. The Balaban J connectivity index is 2.02. The summed E-state index contributed by atoms with van der Waals surface area (Å²) in [5, 5.41) is 1.36. The molecule has 1 aromatic heterocycles. The predicted octanol–water partition coefficient (Wildman–Crippen LogP) is 0.274. The van der Waals surface area contributed by atoms with Crippen molar-refractivity contribution in [2.24, 2.45) is 0 Å². The monoisotopic (exact) mass is 264 g/mol. The van der Waals surface area contributed by atoms with Gasteiger partial charge in [0.05, 0.1) is 0 Å². The molecule has 1 aliphatic rings. The second-order valence-electron chi connectivity index (χ2n) is 3.90. The van der Waals surface area contributed by atoms with Crippen molar-refractivity contribution in [3.05, 3.63) is 30.2 Å². The van der Waals surface area contributed by atoms with Gasteiger partial charge in [-0.25, -0.2) is 4.98 Å². The third kappa shape index (κ3) is 1.77. The molecular formula is C11H8N2O4S. The Kier molecular flexibility index (Phi) is 2.57. The molecule has 7 heteroatoms. The first kappa shape index (κ1) is 11.2. The molecule has 3 rings (SSSR count). The van der Waals surface area contributed by atoms with E-state index >= 15 is 0 Å². The maximum Gasteiger partial charge on any atom is 0.284 e. The number of oxazole rings is 1. The molecule has 1 aromatic carbocycles. The molecule has 0 saturated carbocycles. The lowest BCUT2D eigenvalue weighted by Gasteiger charge is -2.24. The number of nitrogens with zero attached hydrogens (tertiary/aromatic N) is 1. The summed E-state index contributed by atoms with van der Waals surface area (Å²) in [5.41, 5.74) is 1.76. The lowest BCUT2D eigenvalue weighted by molar-refractivity contribution is -0.129. The number of hydrogen-bond acceptors (Lipinski definition) is 5. The van der Waals surface area contributed by atoms with E-state index in [4.69, 9.17) is 4.42 Å². The van der Waals surface area contributed by atoms with Crippen molar-refractivity contribution in [2.75, 3.05) is 5.75 Å². The fraction of sp³-hybridized carbons (Fsp3) is 0.182. The van der Waals surface area contributed by atoms with E-state index < -0.39 is 28.2 Å². The maximum atomic E-state index is 11.9. The Bertz CT molecular complexity index is 639. The van der Waals surface area contributed by atoms with Crippen molar-refractivity contribution in [1.29, 1.82) is 0 Å². The number of amides is 2. The molecule has 1 saturated heterocycles. The molecule has 1 fully saturated rings. The Hall–Kier alpha value is -1.86. The Morgan fingerprint density at radius 1 is 1.44 bits per heavy atom. The van der Waals surface area contributed by atoms with Crippen LogP contribution in [0.5, 0.6) is 0 Å². The van der Waals surface area contributed by atoms with Crippen LogP contribution in [-0.4, -0.2) is 27.1 Å². The van der Waals surface area contributed by atoms with Gasteiger partial charge in [0, 0.05) is 5.56 Å². The van der Waals surface area contributed by atoms with Crippen LogP contribution >= 0.6 is 0 Å². The molecule has 18 heavy (non-hydrogen) atoms. The Labute approximate surface area is 105 Å². The highest BCUT2D eigenvalue weighted by Crippen LogP contribution is 2.28. The number of benzene rings is 1. The molecule has 92 valence electrons. The number of hydrogen-bond donors (Lipinski definition) is 1. The first-order chi connectivity index (χ1) is 8.65. The molecule has 1 N–H and O–H groups in total. The third-order valence-electron chi connectivity index (χ3n) is 2.69. The lowest BCUT2D eigenvalue weighted by Crippen LogP contribution is -2.47. The van der Waals surface area contributed by atoms with Gasteiger partial charge in [-0.05, 0) is 29.4 Å². The number of nitrogens with one attached hydrogen (secondary N) is 1. The van der Waals surface area contributed by atoms with E-state index in [1.165, 1.54) is 6.39 Å². The van der Waals surface area contributed by atoms with E-state index in [0.29, 0.717) is 16.7 Å². The summed E-state index contributed by atoms with van der Waals surface area (Å²) in [6, 6.07) is 4.97. The van der Waals surface area contributed by atoms with Gasteiger partial charge in [0.15, 0.2) is 17.7 Å². The standard InChI is InChI=1S/C11H8N2O4S/c14-9-4-18(16)10(11(15)13-9)6-1-2-8-7(3-6)12-5-17-8/h1-3,5,10H,4H2,(H,13,14,15). The van der Waals surface area contributed by atoms with Crippen LogP contribution in [0.25, 0.3) is 11.1 Å². The van der Waals surface area contributed by atoms with Crippen LogP contribution in [0.2, 0.25) is 0 Å². The number of carbonyl (C=O) groups is 2. The zero-order chi connectivity index (χ0) is 12.7. The maximum absolute atomic E-state index is 11.9. The summed E-state index contributed by atoms with van der Waals surface area (Å²) in [5.74, 6) is -1.20. The predicted molar refractivity (Wildman–Crippen MR) is 62.9 cm³/mol. The fourth-order valence-electron chi connectivity index (χ4n) is 1.91. The van der Waals surface area contributed by atoms with E-state index in [1.54, 1.807) is 18.2 Å². The van der Waals surface area contributed by atoms with E-state index in [1.807, 2.05) is 0 Å². The van der Waals surface area contributed by atoms with Crippen molar-refractivity contribution in [1.82, 2.24) is 10.3 Å². The van der Waals surface area contributed by atoms with Crippen LogP contribution in [0.15, 0.2) is 29.0 Å². The zero-order valence-corrected chi connectivity index (χ0v) is 9.90. The fourth-order valence-corrected chi connectivity index (χ4v) is 3.16. The van der Waals surface area contributed by atoms with Crippen molar-refractivity contribution in [2.45, 2.75) is 5.25 Å². The molecule has 6 nitrogen and oxygen atoms in total. The highest BCUT2D eigenvalue weighted by atomic mass is 32.2. The van der Waals surface area contributed by atoms with Crippen molar-refractivity contribution in [3.8, 4) is 0 Å². The van der Waals surface area contributed by atoms with Gasteiger partial charge >= 0.3 is 0 Å². The summed E-state index contributed by atoms with van der Waals surface area (Å²) >= 11 is -1.54. The molecular weight excluding hydrogens is 256 g/mol. The number of carbonyl (C=O) groups excluding carboxylic acids is 2. The van der Waals surface area contributed by atoms with Gasteiger partial charge in [0.1, 0.15) is 5.52 Å². The summed E-state index contributed by atoms with van der Waals surface area (Å²) in [6.45, 7) is 0. The molecule has 2 amide bonds. The summed E-state index contributed by atoms with van der Waals surface area (Å²) in [7, 11) is 0. The quantitative estimate of drug-likeness (QED) is 0.589. The van der Waals surface area contributed by atoms with Crippen molar-refractivity contribution in [3.63, 3.8) is 0 Å². The smallest absolute Gasteiger partial charge is 0.284 e. The third-order valence-corrected chi connectivity index (χ3v) is 4.25. The van der Waals surface area contributed by atoms with Crippen molar-refractivity contribution < 1.29 is 18.6 Å². The van der Waals surface area contributed by atoms with Gasteiger partial charge in [-0.3, -0.25) is 14.9 Å². The summed E-state index contributed by atoms with van der Waals surface area (Å²) in [6.07, 6.45) is 1.30. The van der Waals surface area contributed by atoms with Gasteiger partial charge in [-0.1, -0.05) is 0 Å². The van der Waals surface area contributed by atoms with Crippen LogP contribution in [0.4, 0.5) is 0 Å². The molecule has 0 aliphatic carbocycles. The SMILES string of the molecule is O=C1C[S+]([O-])C(c2ccc3ocnc3c2)C(=O)N1. The van der Waals surface area contributed by atoms with Crippen molar-refractivity contribution >= 4 is 34.1 Å².